The molecule has 1 aliphatic heterocycles. The van der Waals surface area contributed by atoms with Crippen LogP contribution < -0.4 is 16.0 Å². The summed E-state index contributed by atoms with van der Waals surface area (Å²) in [4.78, 5) is 15.0. The van der Waals surface area contributed by atoms with Crippen LogP contribution >= 0.6 is 11.8 Å². The van der Waals surface area contributed by atoms with Crippen molar-refractivity contribution in [3.63, 3.8) is 0 Å². The van der Waals surface area contributed by atoms with Crippen molar-refractivity contribution < 1.29 is 0 Å². The number of thioether (sulfide) groups is 1. The molecule has 0 bridgehead atoms. The fraction of sp³-hybridized carbons (Fsp3) is 0.750. The van der Waals surface area contributed by atoms with Crippen molar-refractivity contribution in [2.75, 3.05) is 40.5 Å². The van der Waals surface area contributed by atoms with Gasteiger partial charge in [-0.15, -0.1) is 0 Å². The summed E-state index contributed by atoms with van der Waals surface area (Å²) in [6.45, 7) is 6.29. The summed E-state index contributed by atoms with van der Waals surface area (Å²) in [5.74, 6) is 3.71. The first-order valence-electron chi connectivity index (χ1n) is 6.80. The monoisotopic (exact) mass is 282 g/mol. The number of hydrogen-bond donors (Lipinski definition) is 2. The number of nitrogen functional groups attached to an aromatic ring is 1. The van der Waals surface area contributed by atoms with Gasteiger partial charge in [-0.25, -0.2) is 0 Å². The van der Waals surface area contributed by atoms with E-state index in [0.29, 0.717) is 17.9 Å². The Hall–Kier alpha value is -1.24. The number of nitrogens with one attached hydrogen (secondary N) is 1. The highest BCUT2D eigenvalue weighted by Crippen LogP contribution is 2.18. The standard InChI is InChI=1S/C12H22N6S/c1-3-19-8-9(2)14-11-15-10(13)16-12(17-11)18-6-4-5-7-18/h9H,3-8H2,1-2H3,(H3,13,14,15,16,17). The Morgan fingerprint density at radius 1 is 1.32 bits per heavy atom. The first-order valence-corrected chi connectivity index (χ1v) is 7.95. The van der Waals surface area contributed by atoms with Crippen molar-refractivity contribution in [2.45, 2.75) is 32.7 Å². The maximum Gasteiger partial charge on any atom is 0.231 e. The van der Waals surface area contributed by atoms with Gasteiger partial charge in [-0.3, -0.25) is 0 Å². The van der Waals surface area contributed by atoms with Crippen LogP contribution in [0.2, 0.25) is 0 Å². The van der Waals surface area contributed by atoms with E-state index in [-0.39, 0.29) is 5.95 Å². The van der Waals surface area contributed by atoms with Crippen LogP contribution in [0.4, 0.5) is 17.8 Å². The van der Waals surface area contributed by atoms with Crippen molar-refractivity contribution in [1.82, 2.24) is 15.0 Å². The molecule has 1 aromatic heterocycles. The molecular formula is C12H22N6S. The van der Waals surface area contributed by atoms with Gasteiger partial charge in [-0.1, -0.05) is 6.92 Å². The van der Waals surface area contributed by atoms with Crippen LogP contribution in [0.3, 0.4) is 0 Å². The predicted molar refractivity (Wildman–Crippen MR) is 81.8 cm³/mol. The molecule has 0 aromatic carbocycles. The van der Waals surface area contributed by atoms with E-state index in [4.69, 9.17) is 5.73 Å². The van der Waals surface area contributed by atoms with Crippen molar-refractivity contribution >= 4 is 29.6 Å². The molecule has 2 heterocycles. The lowest BCUT2D eigenvalue weighted by molar-refractivity contribution is 0.851. The second-order valence-electron chi connectivity index (χ2n) is 4.72. The van der Waals surface area contributed by atoms with Crippen LogP contribution in [0.25, 0.3) is 0 Å². The topological polar surface area (TPSA) is 80.0 Å². The molecule has 0 spiro atoms. The maximum absolute atomic E-state index is 5.77. The fourth-order valence-corrected chi connectivity index (χ4v) is 2.73. The van der Waals surface area contributed by atoms with Crippen molar-refractivity contribution in [3.05, 3.63) is 0 Å². The zero-order valence-corrected chi connectivity index (χ0v) is 12.4. The van der Waals surface area contributed by atoms with Crippen LogP contribution in [-0.4, -0.2) is 45.6 Å². The lowest BCUT2D eigenvalue weighted by atomic mass is 10.4. The zero-order valence-electron chi connectivity index (χ0n) is 11.6. The molecule has 0 saturated carbocycles. The fourth-order valence-electron chi connectivity index (χ4n) is 2.06. The average Bonchev–Trinajstić information content (AvgIpc) is 2.89. The summed E-state index contributed by atoms with van der Waals surface area (Å²) in [7, 11) is 0. The van der Waals surface area contributed by atoms with E-state index in [1.807, 2.05) is 11.8 Å². The van der Waals surface area contributed by atoms with Crippen molar-refractivity contribution in [1.29, 1.82) is 0 Å². The number of aromatic nitrogens is 3. The van der Waals surface area contributed by atoms with Crippen LogP contribution in [0.5, 0.6) is 0 Å². The van der Waals surface area contributed by atoms with Gasteiger partial charge in [0.25, 0.3) is 0 Å². The Bertz CT molecular complexity index is 407. The average molecular weight is 282 g/mol. The lowest BCUT2D eigenvalue weighted by Gasteiger charge is -2.17. The highest BCUT2D eigenvalue weighted by Gasteiger charge is 2.17. The Labute approximate surface area is 118 Å². The molecule has 6 nitrogen and oxygen atoms in total. The van der Waals surface area contributed by atoms with E-state index in [2.05, 4.69) is 39.0 Å². The molecule has 1 atom stereocenters. The van der Waals surface area contributed by atoms with Gasteiger partial charge in [0.15, 0.2) is 0 Å². The zero-order chi connectivity index (χ0) is 13.7. The smallest absolute Gasteiger partial charge is 0.231 e. The molecule has 1 fully saturated rings. The molecular weight excluding hydrogens is 260 g/mol. The molecule has 3 N–H and O–H groups in total. The van der Waals surface area contributed by atoms with Gasteiger partial charge < -0.3 is 16.0 Å². The van der Waals surface area contributed by atoms with Crippen molar-refractivity contribution in [2.24, 2.45) is 0 Å². The van der Waals surface area contributed by atoms with E-state index in [1.54, 1.807) is 0 Å². The van der Waals surface area contributed by atoms with E-state index in [0.717, 1.165) is 24.6 Å². The van der Waals surface area contributed by atoms with E-state index >= 15 is 0 Å². The van der Waals surface area contributed by atoms with Crippen LogP contribution in [0.1, 0.15) is 26.7 Å². The second-order valence-corrected chi connectivity index (χ2v) is 6.04. The van der Waals surface area contributed by atoms with Crippen molar-refractivity contribution in [3.8, 4) is 0 Å². The van der Waals surface area contributed by atoms with E-state index in [9.17, 15) is 0 Å². The SMILES string of the molecule is CCSCC(C)Nc1nc(N)nc(N2CCCC2)n1. The number of anilines is 3. The molecule has 106 valence electrons. The van der Waals surface area contributed by atoms with E-state index < -0.39 is 0 Å². The van der Waals surface area contributed by atoms with Gasteiger partial charge in [-0.2, -0.15) is 26.7 Å². The first-order chi connectivity index (χ1) is 9.19. The normalized spacial score (nSPS) is 16.6. The first kappa shape index (κ1) is 14.2. The molecule has 0 radical (unpaired) electrons. The third kappa shape index (κ3) is 4.12. The highest BCUT2D eigenvalue weighted by atomic mass is 32.2. The lowest BCUT2D eigenvalue weighted by Crippen LogP contribution is -2.24. The Balaban J connectivity index is 2.03. The van der Waals surface area contributed by atoms with Crippen LogP contribution in [-0.2, 0) is 0 Å². The predicted octanol–water partition coefficient (Wildman–Crippen LogP) is 1.61. The molecule has 1 saturated heterocycles. The minimum atomic E-state index is 0.287. The number of hydrogen-bond acceptors (Lipinski definition) is 7. The maximum atomic E-state index is 5.77. The van der Waals surface area contributed by atoms with Crippen LogP contribution in [0.15, 0.2) is 0 Å². The Morgan fingerprint density at radius 2 is 2.05 bits per heavy atom. The molecule has 0 amide bonds. The number of nitrogens with two attached hydrogens (primary N) is 1. The Kier molecular flexibility index (Phi) is 5.07. The van der Waals surface area contributed by atoms with Gasteiger partial charge in [0.2, 0.25) is 17.8 Å². The third-order valence-electron chi connectivity index (χ3n) is 2.98. The number of nitrogens with zero attached hydrogens (tertiary/aromatic N) is 4. The quantitative estimate of drug-likeness (QED) is 0.820. The molecule has 0 aliphatic carbocycles. The largest absolute Gasteiger partial charge is 0.368 e. The van der Waals surface area contributed by atoms with E-state index in [1.165, 1.54) is 12.8 Å². The van der Waals surface area contributed by atoms with Gasteiger partial charge in [0.1, 0.15) is 0 Å². The van der Waals surface area contributed by atoms with Gasteiger partial charge in [0.05, 0.1) is 0 Å². The molecule has 2 rings (SSSR count). The number of rotatable bonds is 6. The minimum absolute atomic E-state index is 0.287. The molecule has 1 unspecified atom stereocenters. The summed E-state index contributed by atoms with van der Waals surface area (Å²) in [6, 6.07) is 0.318. The summed E-state index contributed by atoms with van der Waals surface area (Å²) >= 11 is 1.89. The second kappa shape index (κ2) is 6.79. The summed E-state index contributed by atoms with van der Waals surface area (Å²) in [5, 5.41) is 3.29. The molecule has 1 aliphatic rings. The van der Waals surface area contributed by atoms with Crippen LogP contribution in [0, 0.1) is 0 Å². The minimum Gasteiger partial charge on any atom is -0.368 e. The highest BCUT2D eigenvalue weighted by molar-refractivity contribution is 7.99. The van der Waals surface area contributed by atoms with Gasteiger partial charge in [0, 0.05) is 24.9 Å². The van der Waals surface area contributed by atoms with Gasteiger partial charge >= 0.3 is 0 Å². The molecule has 19 heavy (non-hydrogen) atoms. The molecule has 1 aromatic rings. The molecule has 7 heteroatoms. The summed E-state index contributed by atoms with van der Waals surface area (Å²) in [5.41, 5.74) is 5.77. The third-order valence-corrected chi connectivity index (χ3v) is 4.12. The van der Waals surface area contributed by atoms with Gasteiger partial charge in [-0.05, 0) is 25.5 Å². The summed E-state index contributed by atoms with van der Waals surface area (Å²) in [6.07, 6.45) is 2.38. The summed E-state index contributed by atoms with van der Waals surface area (Å²) < 4.78 is 0. The Morgan fingerprint density at radius 3 is 2.74 bits per heavy atom.